The second-order valence-corrected chi connectivity index (χ2v) is 4.99. The van der Waals surface area contributed by atoms with E-state index in [9.17, 15) is 0 Å². The van der Waals surface area contributed by atoms with Crippen molar-refractivity contribution in [3.63, 3.8) is 0 Å². The fraction of sp³-hybridized carbons (Fsp3) is 0.600. The molecule has 2 rings (SSSR count). The first-order valence-corrected chi connectivity index (χ1v) is 6.90. The van der Waals surface area contributed by atoms with Crippen molar-refractivity contribution in [2.45, 2.75) is 45.2 Å². The fourth-order valence-corrected chi connectivity index (χ4v) is 2.63. The maximum atomic E-state index is 6.40. The standard InChI is InChI=1S/C15H24N2/c1-2-3-8-13-9-4-5-10-14(13)15(16)17-11-6-7-12-17/h4-5,9-10,15H,2-3,6-8,11-12,16H2,1H3. The first kappa shape index (κ1) is 12.6. The highest BCUT2D eigenvalue weighted by molar-refractivity contribution is 5.29. The Morgan fingerprint density at radius 3 is 2.65 bits per heavy atom. The van der Waals surface area contributed by atoms with Gasteiger partial charge in [0.2, 0.25) is 0 Å². The van der Waals surface area contributed by atoms with Crippen molar-refractivity contribution in [2.75, 3.05) is 13.1 Å². The highest BCUT2D eigenvalue weighted by Crippen LogP contribution is 2.24. The normalized spacial score (nSPS) is 18.5. The Balaban J connectivity index is 2.12. The summed E-state index contributed by atoms with van der Waals surface area (Å²) < 4.78 is 0. The molecule has 0 spiro atoms. The minimum atomic E-state index is 0.102. The van der Waals surface area contributed by atoms with Gasteiger partial charge in [0.15, 0.2) is 0 Å². The molecule has 0 aromatic heterocycles. The van der Waals surface area contributed by atoms with E-state index in [0.717, 1.165) is 19.5 Å². The summed E-state index contributed by atoms with van der Waals surface area (Å²) in [6, 6.07) is 8.68. The van der Waals surface area contributed by atoms with E-state index in [-0.39, 0.29) is 6.17 Å². The van der Waals surface area contributed by atoms with Crippen molar-refractivity contribution in [3.8, 4) is 0 Å². The van der Waals surface area contributed by atoms with Crippen LogP contribution in [-0.2, 0) is 6.42 Å². The lowest BCUT2D eigenvalue weighted by Crippen LogP contribution is -2.32. The molecule has 0 radical (unpaired) electrons. The molecule has 2 nitrogen and oxygen atoms in total. The average Bonchev–Trinajstić information content (AvgIpc) is 2.89. The molecule has 0 aliphatic carbocycles. The van der Waals surface area contributed by atoms with Crippen LogP contribution in [0.4, 0.5) is 0 Å². The molecule has 1 aliphatic heterocycles. The van der Waals surface area contributed by atoms with Gasteiger partial charge in [-0.3, -0.25) is 4.90 Å². The van der Waals surface area contributed by atoms with Gasteiger partial charge in [-0.25, -0.2) is 0 Å². The predicted octanol–water partition coefficient (Wildman–Crippen LogP) is 3.08. The van der Waals surface area contributed by atoms with Gasteiger partial charge >= 0.3 is 0 Å². The van der Waals surface area contributed by atoms with Crippen LogP contribution in [0, 0.1) is 0 Å². The zero-order valence-corrected chi connectivity index (χ0v) is 10.9. The monoisotopic (exact) mass is 232 g/mol. The molecule has 2 heteroatoms. The van der Waals surface area contributed by atoms with Crippen molar-refractivity contribution >= 4 is 0 Å². The molecular weight excluding hydrogens is 208 g/mol. The van der Waals surface area contributed by atoms with Gasteiger partial charge in [-0.2, -0.15) is 0 Å². The van der Waals surface area contributed by atoms with Crippen LogP contribution in [0.15, 0.2) is 24.3 Å². The lowest BCUT2D eigenvalue weighted by Gasteiger charge is -2.26. The van der Waals surface area contributed by atoms with Crippen molar-refractivity contribution in [3.05, 3.63) is 35.4 Å². The lowest BCUT2D eigenvalue weighted by atomic mass is 10.00. The average molecular weight is 232 g/mol. The minimum Gasteiger partial charge on any atom is -0.312 e. The molecule has 1 heterocycles. The number of unbranched alkanes of at least 4 members (excludes halogenated alkanes) is 1. The van der Waals surface area contributed by atoms with E-state index >= 15 is 0 Å². The van der Waals surface area contributed by atoms with Crippen LogP contribution in [0.25, 0.3) is 0 Å². The molecule has 1 unspecified atom stereocenters. The number of rotatable bonds is 5. The molecule has 1 saturated heterocycles. The van der Waals surface area contributed by atoms with Gasteiger partial charge in [-0.05, 0) is 49.9 Å². The summed E-state index contributed by atoms with van der Waals surface area (Å²) in [4.78, 5) is 2.41. The third-order valence-electron chi connectivity index (χ3n) is 3.71. The molecule has 1 aliphatic rings. The second-order valence-electron chi connectivity index (χ2n) is 4.99. The van der Waals surface area contributed by atoms with Gasteiger partial charge in [0.05, 0.1) is 6.17 Å². The van der Waals surface area contributed by atoms with Gasteiger partial charge in [0.1, 0.15) is 0 Å². The Bertz CT molecular complexity index is 343. The second kappa shape index (κ2) is 6.18. The molecule has 0 saturated carbocycles. The number of hydrogen-bond acceptors (Lipinski definition) is 2. The number of nitrogens with two attached hydrogens (primary N) is 1. The Kier molecular flexibility index (Phi) is 4.57. The maximum Gasteiger partial charge on any atom is 0.0838 e. The van der Waals surface area contributed by atoms with Gasteiger partial charge in [0.25, 0.3) is 0 Å². The van der Waals surface area contributed by atoms with Gasteiger partial charge in [-0.1, -0.05) is 37.6 Å². The van der Waals surface area contributed by atoms with Crippen LogP contribution in [0.5, 0.6) is 0 Å². The van der Waals surface area contributed by atoms with Crippen molar-refractivity contribution in [1.29, 1.82) is 0 Å². The van der Waals surface area contributed by atoms with Crippen LogP contribution in [0.2, 0.25) is 0 Å². The highest BCUT2D eigenvalue weighted by Gasteiger charge is 2.21. The topological polar surface area (TPSA) is 29.3 Å². The first-order chi connectivity index (χ1) is 8.33. The first-order valence-electron chi connectivity index (χ1n) is 6.90. The lowest BCUT2D eigenvalue weighted by molar-refractivity contribution is 0.250. The third kappa shape index (κ3) is 3.08. The van der Waals surface area contributed by atoms with E-state index in [1.807, 2.05) is 0 Å². The fourth-order valence-electron chi connectivity index (χ4n) is 2.63. The molecule has 1 atom stereocenters. The SMILES string of the molecule is CCCCc1ccccc1C(N)N1CCCC1. The summed E-state index contributed by atoms with van der Waals surface area (Å²) in [5, 5.41) is 0. The third-order valence-corrected chi connectivity index (χ3v) is 3.71. The van der Waals surface area contributed by atoms with E-state index in [0.29, 0.717) is 0 Å². The van der Waals surface area contributed by atoms with E-state index < -0.39 is 0 Å². The summed E-state index contributed by atoms with van der Waals surface area (Å²) in [6.07, 6.45) is 6.35. The zero-order valence-electron chi connectivity index (χ0n) is 10.9. The summed E-state index contributed by atoms with van der Waals surface area (Å²) >= 11 is 0. The zero-order chi connectivity index (χ0) is 12.1. The van der Waals surface area contributed by atoms with Crippen LogP contribution in [0.1, 0.15) is 49.9 Å². The van der Waals surface area contributed by atoms with Gasteiger partial charge < -0.3 is 5.73 Å². The van der Waals surface area contributed by atoms with Crippen molar-refractivity contribution in [2.24, 2.45) is 5.73 Å². The molecule has 1 fully saturated rings. The Morgan fingerprint density at radius 1 is 1.24 bits per heavy atom. The summed E-state index contributed by atoms with van der Waals surface area (Å²) in [5.41, 5.74) is 9.17. The molecule has 17 heavy (non-hydrogen) atoms. The van der Waals surface area contributed by atoms with Crippen molar-refractivity contribution < 1.29 is 0 Å². The number of likely N-dealkylation sites (tertiary alicyclic amines) is 1. The van der Waals surface area contributed by atoms with E-state index in [2.05, 4.69) is 36.1 Å². The summed E-state index contributed by atoms with van der Waals surface area (Å²) in [7, 11) is 0. The van der Waals surface area contributed by atoms with Gasteiger partial charge in [-0.15, -0.1) is 0 Å². The van der Waals surface area contributed by atoms with E-state index in [4.69, 9.17) is 5.73 Å². The molecule has 1 aromatic carbocycles. The molecule has 1 aromatic rings. The van der Waals surface area contributed by atoms with Crippen molar-refractivity contribution in [1.82, 2.24) is 4.90 Å². The number of nitrogens with zero attached hydrogens (tertiary/aromatic N) is 1. The van der Waals surface area contributed by atoms with Crippen LogP contribution < -0.4 is 5.73 Å². The smallest absolute Gasteiger partial charge is 0.0838 e. The maximum absolute atomic E-state index is 6.40. The quantitative estimate of drug-likeness (QED) is 0.845. The predicted molar refractivity (Wildman–Crippen MR) is 72.8 cm³/mol. The number of aryl methyl sites for hydroxylation is 1. The van der Waals surface area contributed by atoms with E-state index in [1.54, 1.807) is 0 Å². The molecule has 2 N–H and O–H groups in total. The number of benzene rings is 1. The van der Waals surface area contributed by atoms with E-state index in [1.165, 1.54) is 36.8 Å². The molecule has 0 bridgehead atoms. The van der Waals surface area contributed by atoms with Gasteiger partial charge in [0, 0.05) is 0 Å². The summed E-state index contributed by atoms with van der Waals surface area (Å²) in [6.45, 7) is 4.55. The molecule has 0 amide bonds. The largest absolute Gasteiger partial charge is 0.312 e. The minimum absolute atomic E-state index is 0.102. The van der Waals surface area contributed by atoms with Crippen LogP contribution in [-0.4, -0.2) is 18.0 Å². The Labute approximate surface area is 105 Å². The molecular formula is C15H24N2. The van der Waals surface area contributed by atoms with Crippen LogP contribution >= 0.6 is 0 Å². The number of hydrogen-bond donors (Lipinski definition) is 1. The Morgan fingerprint density at radius 2 is 1.94 bits per heavy atom. The summed E-state index contributed by atoms with van der Waals surface area (Å²) in [5.74, 6) is 0. The Hall–Kier alpha value is -0.860. The molecule has 94 valence electrons. The highest BCUT2D eigenvalue weighted by atomic mass is 15.2. The van der Waals surface area contributed by atoms with Crippen LogP contribution in [0.3, 0.4) is 0 Å².